The van der Waals surface area contributed by atoms with Gasteiger partial charge in [0.15, 0.2) is 0 Å². The maximum absolute atomic E-state index is 11.4. The van der Waals surface area contributed by atoms with E-state index >= 15 is 0 Å². The molecular weight excluding hydrogens is 302 g/mol. The van der Waals surface area contributed by atoms with Crippen molar-refractivity contribution in [2.75, 3.05) is 0 Å². The number of benzene rings is 2. The van der Waals surface area contributed by atoms with Crippen LogP contribution in [0, 0.1) is 17.0 Å². The van der Waals surface area contributed by atoms with Crippen molar-refractivity contribution in [3.05, 3.63) is 69.8 Å². The zero-order valence-electron chi connectivity index (χ0n) is 11.9. The van der Waals surface area contributed by atoms with Crippen LogP contribution in [0.3, 0.4) is 0 Å². The molecule has 0 aliphatic carbocycles. The van der Waals surface area contributed by atoms with Crippen LogP contribution in [0.25, 0.3) is 0 Å². The zero-order valence-corrected chi connectivity index (χ0v) is 12.7. The lowest BCUT2D eigenvalue weighted by molar-refractivity contribution is -0.384. The Morgan fingerprint density at radius 3 is 2.55 bits per heavy atom. The number of rotatable bonds is 6. The second-order valence-corrected chi connectivity index (χ2v) is 6.17. The van der Waals surface area contributed by atoms with Crippen molar-refractivity contribution in [2.24, 2.45) is 0 Å². The third-order valence-corrected chi connectivity index (χ3v) is 4.31. The van der Waals surface area contributed by atoms with Gasteiger partial charge in [0.1, 0.15) is 5.25 Å². The highest BCUT2D eigenvalue weighted by Crippen LogP contribution is 2.27. The van der Waals surface area contributed by atoms with Gasteiger partial charge in [-0.25, -0.2) is 0 Å². The van der Waals surface area contributed by atoms with Gasteiger partial charge in [-0.05, 0) is 31.0 Å². The fourth-order valence-electron chi connectivity index (χ4n) is 1.97. The van der Waals surface area contributed by atoms with Gasteiger partial charge in [-0.1, -0.05) is 29.8 Å². The number of carbonyl (C=O) groups is 1. The van der Waals surface area contributed by atoms with Crippen molar-refractivity contribution >= 4 is 23.4 Å². The van der Waals surface area contributed by atoms with Crippen LogP contribution in [0.1, 0.15) is 11.1 Å². The van der Waals surface area contributed by atoms with Gasteiger partial charge in [0.05, 0.1) is 4.92 Å². The van der Waals surface area contributed by atoms with Gasteiger partial charge in [0.25, 0.3) is 5.69 Å². The van der Waals surface area contributed by atoms with E-state index in [1.807, 2.05) is 31.2 Å². The molecule has 0 fully saturated rings. The fourth-order valence-corrected chi connectivity index (χ4v) is 2.97. The highest BCUT2D eigenvalue weighted by Gasteiger charge is 2.20. The quantitative estimate of drug-likeness (QED) is 0.499. The molecule has 0 heterocycles. The summed E-state index contributed by atoms with van der Waals surface area (Å²) in [6.45, 7) is 1.96. The average molecular weight is 317 g/mol. The zero-order chi connectivity index (χ0) is 16.1. The molecule has 0 radical (unpaired) electrons. The summed E-state index contributed by atoms with van der Waals surface area (Å²) in [6, 6.07) is 13.7. The molecule has 0 aliphatic rings. The fraction of sp³-hybridized carbons (Fsp3) is 0.188. The minimum absolute atomic E-state index is 0.0259. The van der Waals surface area contributed by atoms with Gasteiger partial charge < -0.3 is 5.11 Å². The van der Waals surface area contributed by atoms with Gasteiger partial charge >= 0.3 is 5.97 Å². The number of nitrogens with zero attached hydrogens (tertiary/aromatic N) is 1. The first-order valence-electron chi connectivity index (χ1n) is 6.65. The molecule has 2 aromatic rings. The van der Waals surface area contributed by atoms with Crippen molar-refractivity contribution in [3.8, 4) is 0 Å². The summed E-state index contributed by atoms with van der Waals surface area (Å²) < 4.78 is 0. The van der Waals surface area contributed by atoms with Crippen LogP contribution in [0.4, 0.5) is 5.69 Å². The Kier molecular flexibility index (Phi) is 5.16. The molecule has 0 aromatic heterocycles. The summed E-state index contributed by atoms with van der Waals surface area (Å²) in [5.74, 6) is -0.933. The van der Waals surface area contributed by atoms with Crippen LogP contribution in [-0.4, -0.2) is 21.2 Å². The highest BCUT2D eigenvalue weighted by molar-refractivity contribution is 8.00. The van der Waals surface area contributed by atoms with Crippen molar-refractivity contribution in [1.29, 1.82) is 0 Å². The Bertz CT molecular complexity index is 685. The van der Waals surface area contributed by atoms with Crippen molar-refractivity contribution in [2.45, 2.75) is 23.5 Å². The summed E-state index contributed by atoms with van der Waals surface area (Å²) in [5, 5.41) is 19.5. The minimum atomic E-state index is -0.933. The van der Waals surface area contributed by atoms with E-state index in [9.17, 15) is 20.0 Å². The largest absolute Gasteiger partial charge is 0.480 e. The van der Waals surface area contributed by atoms with Gasteiger partial charge in [-0.2, -0.15) is 0 Å². The molecule has 0 amide bonds. The normalized spacial score (nSPS) is 11.9. The Morgan fingerprint density at radius 2 is 1.95 bits per heavy atom. The third kappa shape index (κ3) is 4.33. The molecule has 5 nitrogen and oxygen atoms in total. The molecule has 0 saturated heterocycles. The molecular formula is C16H15NO4S. The van der Waals surface area contributed by atoms with Crippen molar-refractivity contribution < 1.29 is 14.8 Å². The molecule has 114 valence electrons. The molecule has 6 heteroatoms. The standard InChI is InChI=1S/C16H15NO4S/c1-11-5-7-14(8-6-11)22-15(16(18)19)10-12-3-2-4-13(9-12)17(20)21/h2-9,15H,10H2,1H3,(H,18,19). The van der Waals surface area contributed by atoms with Gasteiger partial charge in [-0.3, -0.25) is 14.9 Å². The van der Waals surface area contributed by atoms with Crippen LogP contribution in [-0.2, 0) is 11.2 Å². The summed E-state index contributed by atoms with van der Waals surface area (Å²) in [5.41, 5.74) is 1.72. The van der Waals surface area contributed by atoms with Crippen LogP contribution in [0.15, 0.2) is 53.4 Å². The van der Waals surface area contributed by atoms with Crippen LogP contribution < -0.4 is 0 Å². The average Bonchev–Trinajstić information content (AvgIpc) is 2.49. The van der Waals surface area contributed by atoms with Crippen molar-refractivity contribution in [1.82, 2.24) is 0 Å². The molecule has 0 aliphatic heterocycles. The van der Waals surface area contributed by atoms with Crippen molar-refractivity contribution in [3.63, 3.8) is 0 Å². The predicted molar refractivity (Wildman–Crippen MR) is 85.3 cm³/mol. The number of carboxylic acid groups (broad SMARTS) is 1. The monoisotopic (exact) mass is 317 g/mol. The third-order valence-electron chi connectivity index (χ3n) is 3.12. The number of non-ortho nitro benzene ring substituents is 1. The van der Waals surface area contributed by atoms with E-state index in [1.54, 1.807) is 12.1 Å². The number of nitro groups is 1. The SMILES string of the molecule is Cc1ccc(SC(Cc2cccc([N+](=O)[O-])c2)C(=O)O)cc1. The number of nitro benzene ring substituents is 1. The molecule has 1 atom stereocenters. The smallest absolute Gasteiger partial charge is 0.317 e. The van der Waals surface area contributed by atoms with E-state index in [-0.39, 0.29) is 12.1 Å². The van der Waals surface area contributed by atoms with Gasteiger partial charge in [0, 0.05) is 17.0 Å². The van der Waals surface area contributed by atoms with Crippen LogP contribution >= 0.6 is 11.8 Å². The first-order valence-corrected chi connectivity index (χ1v) is 7.53. The molecule has 1 unspecified atom stereocenters. The van der Waals surface area contributed by atoms with E-state index < -0.39 is 16.1 Å². The Morgan fingerprint density at radius 1 is 1.27 bits per heavy atom. The van der Waals surface area contributed by atoms with Crippen LogP contribution in [0.5, 0.6) is 0 Å². The van der Waals surface area contributed by atoms with Crippen LogP contribution in [0.2, 0.25) is 0 Å². The lowest BCUT2D eigenvalue weighted by Gasteiger charge is -2.12. The van der Waals surface area contributed by atoms with Gasteiger partial charge in [-0.15, -0.1) is 11.8 Å². The number of aryl methyl sites for hydroxylation is 1. The van der Waals surface area contributed by atoms with E-state index in [0.29, 0.717) is 5.56 Å². The molecule has 2 aromatic carbocycles. The van der Waals surface area contributed by atoms with E-state index in [4.69, 9.17) is 0 Å². The second kappa shape index (κ2) is 7.09. The number of thioether (sulfide) groups is 1. The summed E-state index contributed by atoms with van der Waals surface area (Å²) in [4.78, 5) is 22.6. The predicted octanol–water partition coefficient (Wildman–Crippen LogP) is 3.69. The first kappa shape index (κ1) is 16.0. The molecule has 2 rings (SSSR count). The number of hydrogen-bond acceptors (Lipinski definition) is 4. The maximum atomic E-state index is 11.4. The van der Waals surface area contributed by atoms with Gasteiger partial charge in [0.2, 0.25) is 0 Å². The Hall–Kier alpha value is -2.34. The number of aliphatic carboxylic acids is 1. The minimum Gasteiger partial charge on any atom is -0.480 e. The summed E-state index contributed by atoms with van der Waals surface area (Å²) in [6.07, 6.45) is 0.232. The van der Waals surface area contributed by atoms with E-state index in [0.717, 1.165) is 10.5 Å². The van der Waals surface area contributed by atoms with E-state index in [1.165, 1.54) is 23.9 Å². The summed E-state index contributed by atoms with van der Waals surface area (Å²) >= 11 is 1.25. The Balaban J connectivity index is 2.15. The molecule has 0 bridgehead atoms. The number of carboxylic acids is 1. The lowest BCUT2D eigenvalue weighted by atomic mass is 10.1. The summed E-state index contributed by atoms with van der Waals surface area (Å²) in [7, 11) is 0. The topological polar surface area (TPSA) is 80.4 Å². The second-order valence-electron chi connectivity index (χ2n) is 4.89. The Labute approximate surface area is 132 Å². The number of hydrogen-bond donors (Lipinski definition) is 1. The lowest BCUT2D eigenvalue weighted by Crippen LogP contribution is -2.19. The molecule has 0 spiro atoms. The van der Waals surface area contributed by atoms with E-state index in [2.05, 4.69) is 0 Å². The highest BCUT2D eigenvalue weighted by atomic mass is 32.2. The maximum Gasteiger partial charge on any atom is 0.317 e. The molecule has 0 saturated carbocycles. The molecule has 1 N–H and O–H groups in total. The molecule has 22 heavy (non-hydrogen) atoms. The first-order chi connectivity index (χ1) is 10.5.